The minimum atomic E-state index is -1.16. The van der Waals surface area contributed by atoms with Crippen molar-refractivity contribution in [2.75, 3.05) is 20.1 Å². The van der Waals surface area contributed by atoms with E-state index in [0.717, 1.165) is 32.0 Å². The summed E-state index contributed by atoms with van der Waals surface area (Å²) in [4.78, 5) is 31.0. The number of nitrogens with zero attached hydrogens (tertiary/aromatic N) is 2. The number of rotatable bonds is 2. The van der Waals surface area contributed by atoms with E-state index in [9.17, 15) is 9.59 Å². The summed E-state index contributed by atoms with van der Waals surface area (Å²) in [5.74, 6) is -0.508. The zero-order chi connectivity index (χ0) is 12.4. The lowest BCUT2D eigenvalue weighted by Crippen LogP contribution is -2.31. The summed E-state index contributed by atoms with van der Waals surface area (Å²) in [5, 5.41) is 8.85. The number of H-pyrrole nitrogens is 1. The fourth-order valence-electron chi connectivity index (χ4n) is 2.06. The molecule has 6 nitrogen and oxygen atoms in total. The number of aromatic carboxylic acids is 1. The average Bonchev–Trinajstić information content (AvgIpc) is 2.29. The molecule has 6 heteroatoms. The van der Waals surface area contributed by atoms with Crippen molar-refractivity contribution in [3.63, 3.8) is 0 Å². The Bertz CT molecular complexity index is 475. The van der Waals surface area contributed by atoms with E-state index in [0.29, 0.717) is 5.82 Å². The molecule has 1 aliphatic heterocycles. The molecule has 0 radical (unpaired) electrons. The molecule has 0 spiro atoms. The number of hydrogen-bond acceptors (Lipinski definition) is 4. The maximum atomic E-state index is 11.4. The topological polar surface area (TPSA) is 86.3 Å². The van der Waals surface area contributed by atoms with Crippen LogP contribution in [0.4, 0.5) is 0 Å². The van der Waals surface area contributed by atoms with Crippen molar-refractivity contribution in [1.82, 2.24) is 14.9 Å². The highest BCUT2D eigenvalue weighted by Gasteiger charge is 2.21. The molecule has 0 atom stereocenters. The maximum absolute atomic E-state index is 11.4. The van der Waals surface area contributed by atoms with E-state index in [1.54, 1.807) is 0 Å². The highest BCUT2D eigenvalue weighted by atomic mass is 16.4. The minimum Gasteiger partial charge on any atom is -0.477 e. The molecule has 1 aliphatic rings. The summed E-state index contributed by atoms with van der Waals surface area (Å²) < 4.78 is 0. The summed E-state index contributed by atoms with van der Waals surface area (Å²) >= 11 is 0. The van der Waals surface area contributed by atoms with Gasteiger partial charge in [0.05, 0.1) is 0 Å². The molecule has 92 valence electrons. The first kappa shape index (κ1) is 11.8. The number of carboxylic acid groups (broad SMARTS) is 1. The zero-order valence-corrected chi connectivity index (χ0v) is 9.64. The van der Waals surface area contributed by atoms with Crippen LogP contribution < -0.4 is 5.56 Å². The van der Waals surface area contributed by atoms with Crippen LogP contribution in [-0.2, 0) is 0 Å². The molecule has 17 heavy (non-hydrogen) atoms. The summed E-state index contributed by atoms with van der Waals surface area (Å²) in [7, 11) is 2.04. The summed E-state index contributed by atoms with van der Waals surface area (Å²) in [5.41, 5.74) is -0.575. The zero-order valence-electron chi connectivity index (χ0n) is 9.64. The third-order valence-electron chi connectivity index (χ3n) is 3.08. The van der Waals surface area contributed by atoms with Crippen LogP contribution in [0.3, 0.4) is 0 Å². The number of carbonyl (C=O) groups is 1. The van der Waals surface area contributed by atoms with Crippen LogP contribution in [0.15, 0.2) is 10.9 Å². The minimum absolute atomic E-state index is 0.151. The van der Waals surface area contributed by atoms with Gasteiger partial charge in [-0.05, 0) is 33.0 Å². The summed E-state index contributed by atoms with van der Waals surface area (Å²) in [6.45, 7) is 1.87. The highest BCUT2D eigenvalue weighted by molar-refractivity contribution is 5.85. The average molecular weight is 237 g/mol. The van der Waals surface area contributed by atoms with Crippen LogP contribution in [-0.4, -0.2) is 46.1 Å². The van der Waals surface area contributed by atoms with E-state index < -0.39 is 11.5 Å². The van der Waals surface area contributed by atoms with Gasteiger partial charge in [0.25, 0.3) is 5.56 Å². The Morgan fingerprint density at radius 2 is 2.18 bits per heavy atom. The number of aromatic nitrogens is 2. The fraction of sp³-hybridized carbons (Fsp3) is 0.545. The Hall–Kier alpha value is -1.69. The van der Waals surface area contributed by atoms with E-state index in [4.69, 9.17) is 5.11 Å². The van der Waals surface area contributed by atoms with E-state index in [2.05, 4.69) is 14.9 Å². The summed E-state index contributed by atoms with van der Waals surface area (Å²) in [6, 6.07) is 1.01. The van der Waals surface area contributed by atoms with Gasteiger partial charge in [0.1, 0.15) is 5.82 Å². The molecule has 1 aromatic rings. The fourth-order valence-corrected chi connectivity index (χ4v) is 2.06. The number of aromatic amines is 1. The van der Waals surface area contributed by atoms with Gasteiger partial charge in [0.2, 0.25) is 0 Å². The Balaban J connectivity index is 2.26. The lowest BCUT2D eigenvalue weighted by atomic mass is 9.96. The predicted molar refractivity (Wildman–Crippen MR) is 61.3 cm³/mol. The van der Waals surface area contributed by atoms with Gasteiger partial charge in [0, 0.05) is 12.0 Å². The Labute approximate surface area is 98.3 Å². The lowest BCUT2D eigenvalue weighted by Gasteiger charge is -2.28. The monoisotopic (exact) mass is 237 g/mol. The van der Waals surface area contributed by atoms with Crippen LogP contribution in [0.2, 0.25) is 0 Å². The Morgan fingerprint density at radius 1 is 1.53 bits per heavy atom. The van der Waals surface area contributed by atoms with Gasteiger partial charge in [0.15, 0.2) is 5.69 Å². The molecular formula is C11H15N3O3. The van der Waals surface area contributed by atoms with Crippen LogP contribution in [0.25, 0.3) is 0 Å². The first-order valence-corrected chi connectivity index (χ1v) is 5.59. The van der Waals surface area contributed by atoms with E-state index in [1.807, 2.05) is 7.05 Å². The van der Waals surface area contributed by atoms with Gasteiger partial charge in [-0.15, -0.1) is 0 Å². The number of hydrogen-bond donors (Lipinski definition) is 2. The molecule has 0 unspecified atom stereocenters. The number of nitrogens with one attached hydrogen (secondary N) is 1. The molecule has 2 rings (SSSR count). The van der Waals surface area contributed by atoms with Crippen molar-refractivity contribution in [3.05, 3.63) is 27.9 Å². The van der Waals surface area contributed by atoms with Crippen molar-refractivity contribution in [3.8, 4) is 0 Å². The van der Waals surface area contributed by atoms with Crippen LogP contribution in [0.5, 0.6) is 0 Å². The van der Waals surface area contributed by atoms with Gasteiger partial charge >= 0.3 is 5.97 Å². The van der Waals surface area contributed by atoms with Gasteiger partial charge in [-0.2, -0.15) is 0 Å². The molecule has 1 aromatic heterocycles. The Kier molecular flexibility index (Phi) is 3.23. The van der Waals surface area contributed by atoms with Crippen LogP contribution in [0, 0.1) is 0 Å². The quantitative estimate of drug-likeness (QED) is 0.771. The van der Waals surface area contributed by atoms with Crippen molar-refractivity contribution < 1.29 is 9.90 Å². The molecule has 1 fully saturated rings. The molecule has 2 heterocycles. The molecule has 0 aliphatic carbocycles. The molecule has 0 aromatic carbocycles. The van der Waals surface area contributed by atoms with E-state index >= 15 is 0 Å². The SMILES string of the molecule is CN1CCC(c2nc(C(=O)O)cc(=O)[nH]2)CC1. The largest absolute Gasteiger partial charge is 0.477 e. The van der Waals surface area contributed by atoms with Crippen LogP contribution >= 0.6 is 0 Å². The second-order valence-corrected chi connectivity index (χ2v) is 4.40. The highest BCUT2D eigenvalue weighted by Crippen LogP contribution is 2.23. The van der Waals surface area contributed by atoms with Crippen molar-refractivity contribution in [2.24, 2.45) is 0 Å². The smallest absolute Gasteiger partial charge is 0.354 e. The van der Waals surface area contributed by atoms with Gasteiger partial charge in [-0.1, -0.05) is 0 Å². The number of carboxylic acids is 1. The molecule has 0 amide bonds. The molecule has 0 bridgehead atoms. The lowest BCUT2D eigenvalue weighted by molar-refractivity contribution is 0.0689. The van der Waals surface area contributed by atoms with Crippen molar-refractivity contribution >= 4 is 5.97 Å². The van der Waals surface area contributed by atoms with E-state index in [-0.39, 0.29) is 11.6 Å². The second-order valence-electron chi connectivity index (χ2n) is 4.40. The predicted octanol–water partition coefficient (Wildman–Crippen LogP) is 0.277. The third-order valence-corrected chi connectivity index (χ3v) is 3.08. The molecular weight excluding hydrogens is 222 g/mol. The molecule has 2 N–H and O–H groups in total. The summed E-state index contributed by atoms with van der Waals surface area (Å²) in [6.07, 6.45) is 1.78. The maximum Gasteiger partial charge on any atom is 0.354 e. The Morgan fingerprint density at radius 3 is 2.76 bits per heavy atom. The third kappa shape index (κ3) is 2.71. The number of piperidine rings is 1. The van der Waals surface area contributed by atoms with Gasteiger partial charge < -0.3 is 15.0 Å². The molecule has 0 saturated carbocycles. The van der Waals surface area contributed by atoms with Crippen LogP contribution in [0.1, 0.15) is 35.1 Å². The second kappa shape index (κ2) is 4.67. The first-order valence-electron chi connectivity index (χ1n) is 5.59. The van der Waals surface area contributed by atoms with Gasteiger partial charge in [-0.3, -0.25) is 4.79 Å². The molecule has 1 saturated heterocycles. The number of likely N-dealkylation sites (tertiary alicyclic amines) is 1. The normalized spacial score (nSPS) is 18.2. The van der Waals surface area contributed by atoms with Gasteiger partial charge in [-0.25, -0.2) is 9.78 Å². The van der Waals surface area contributed by atoms with Crippen molar-refractivity contribution in [1.29, 1.82) is 0 Å². The van der Waals surface area contributed by atoms with E-state index in [1.165, 1.54) is 0 Å². The first-order chi connectivity index (χ1) is 8.06. The van der Waals surface area contributed by atoms with Crippen molar-refractivity contribution in [2.45, 2.75) is 18.8 Å². The standard InChI is InChI=1S/C11H15N3O3/c1-14-4-2-7(3-5-14)10-12-8(11(16)17)6-9(15)13-10/h6-7H,2-5H2,1H3,(H,16,17)(H,12,13,15).